The standard InChI is InChI=1S/C15H17N7/c1-21(14-3-6-17-11-18-14)13-4-8-22(9-5-13)15-12(10-16)2-7-19-20-15/h2-3,6-7,11,13H,4-5,8-9H2,1H3. The van der Waals surface area contributed by atoms with Gasteiger partial charge in [0.2, 0.25) is 0 Å². The molecule has 1 aliphatic rings. The van der Waals surface area contributed by atoms with Crippen molar-refractivity contribution in [1.29, 1.82) is 5.26 Å². The molecule has 1 fully saturated rings. The summed E-state index contributed by atoms with van der Waals surface area (Å²) in [5.74, 6) is 1.62. The monoisotopic (exact) mass is 295 g/mol. The zero-order valence-electron chi connectivity index (χ0n) is 12.4. The maximum absolute atomic E-state index is 9.17. The summed E-state index contributed by atoms with van der Waals surface area (Å²) < 4.78 is 0. The summed E-state index contributed by atoms with van der Waals surface area (Å²) in [4.78, 5) is 12.6. The zero-order valence-corrected chi connectivity index (χ0v) is 12.4. The highest BCUT2D eigenvalue weighted by Crippen LogP contribution is 2.24. The zero-order chi connectivity index (χ0) is 15.4. The Bertz CT molecular complexity index is 659. The Kier molecular flexibility index (Phi) is 4.10. The fraction of sp³-hybridized carbons (Fsp3) is 0.400. The van der Waals surface area contributed by atoms with Gasteiger partial charge >= 0.3 is 0 Å². The minimum absolute atomic E-state index is 0.424. The van der Waals surface area contributed by atoms with Gasteiger partial charge in [-0.25, -0.2) is 9.97 Å². The summed E-state index contributed by atoms with van der Waals surface area (Å²) in [6.07, 6.45) is 6.86. The van der Waals surface area contributed by atoms with Gasteiger partial charge in [-0.2, -0.15) is 10.4 Å². The van der Waals surface area contributed by atoms with E-state index in [1.54, 1.807) is 24.8 Å². The third-order valence-electron chi connectivity index (χ3n) is 4.06. The lowest BCUT2D eigenvalue weighted by atomic mass is 10.0. The Labute approximate surface area is 129 Å². The molecule has 3 rings (SSSR count). The molecule has 0 radical (unpaired) electrons. The van der Waals surface area contributed by atoms with Crippen molar-refractivity contribution < 1.29 is 0 Å². The molecule has 1 aliphatic heterocycles. The molecule has 7 nitrogen and oxygen atoms in total. The lowest BCUT2D eigenvalue weighted by Gasteiger charge is -2.37. The number of rotatable bonds is 3. The van der Waals surface area contributed by atoms with Crippen molar-refractivity contribution in [2.24, 2.45) is 0 Å². The van der Waals surface area contributed by atoms with Gasteiger partial charge in [0.25, 0.3) is 0 Å². The van der Waals surface area contributed by atoms with Crippen LogP contribution in [0.2, 0.25) is 0 Å². The number of anilines is 2. The first-order valence-corrected chi connectivity index (χ1v) is 7.25. The Morgan fingerprint density at radius 1 is 1.27 bits per heavy atom. The van der Waals surface area contributed by atoms with Crippen LogP contribution in [-0.4, -0.2) is 46.3 Å². The molecule has 0 bridgehead atoms. The Balaban J connectivity index is 1.67. The van der Waals surface area contributed by atoms with Crippen molar-refractivity contribution in [3.63, 3.8) is 0 Å². The van der Waals surface area contributed by atoms with Crippen LogP contribution in [0.4, 0.5) is 11.6 Å². The lowest BCUT2D eigenvalue weighted by Crippen LogP contribution is -2.44. The van der Waals surface area contributed by atoms with Crippen molar-refractivity contribution >= 4 is 11.6 Å². The van der Waals surface area contributed by atoms with Crippen LogP contribution in [0, 0.1) is 11.3 Å². The SMILES string of the molecule is CN(c1ccncn1)C1CCN(c2nnccc2C#N)CC1. The van der Waals surface area contributed by atoms with E-state index in [0.717, 1.165) is 31.7 Å². The summed E-state index contributed by atoms with van der Waals surface area (Å²) in [5, 5.41) is 17.2. The predicted octanol–water partition coefficient (Wildman–Crippen LogP) is 1.24. The molecule has 3 heterocycles. The van der Waals surface area contributed by atoms with Gasteiger partial charge in [0, 0.05) is 32.4 Å². The quantitative estimate of drug-likeness (QED) is 0.842. The molecule has 2 aromatic heterocycles. The average Bonchev–Trinajstić information content (AvgIpc) is 2.62. The minimum atomic E-state index is 0.424. The molecule has 1 saturated heterocycles. The van der Waals surface area contributed by atoms with Crippen molar-refractivity contribution in [3.8, 4) is 6.07 Å². The number of hydrogen-bond donors (Lipinski definition) is 0. The van der Waals surface area contributed by atoms with Crippen LogP contribution in [0.5, 0.6) is 0 Å². The molecule has 0 amide bonds. The first-order chi connectivity index (χ1) is 10.8. The van der Waals surface area contributed by atoms with Gasteiger partial charge in [-0.05, 0) is 25.0 Å². The smallest absolute Gasteiger partial charge is 0.169 e. The largest absolute Gasteiger partial charge is 0.356 e. The van der Waals surface area contributed by atoms with Crippen molar-refractivity contribution in [1.82, 2.24) is 20.2 Å². The van der Waals surface area contributed by atoms with Crippen molar-refractivity contribution in [3.05, 3.63) is 36.4 Å². The molecule has 2 aromatic rings. The minimum Gasteiger partial charge on any atom is -0.356 e. The van der Waals surface area contributed by atoms with Crippen LogP contribution in [0.1, 0.15) is 18.4 Å². The van der Waals surface area contributed by atoms with E-state index in [1.807, 2.05) is 6.07 Å². The number of nitriles is 1. The number of hydrogen-bond acceptors (Lipinski definition) is 7. The molecule has 0 unspecified atom stereocenters. The van der Waals surface area contributed by atoms with E-state index in [2.05, 4.69) is 43.1 Å². The number of nitrogens with zero attached hydrogens (tertiary/aromatic N) is 7. The van der Waals surface area contributed by atoms with E-state index in [0.29, 0.717) is 17.4 Å². The topological polar surface area (TPSA) is 81.8 Å². The van der Waals surface area contributed by atoms with E-state index >= 15 is 0 Å². The second-order valence-electron chi connectivity index (χ2n) is 5.28. The maximum Gasteiger partial charge on any atom is 0.169 e. The van der Waals surface area contributed by atoms with Crippen molar-refractivity contribution in [2.45, 2.75) is 18.9 Å². The highest BCUT2D eigenvalue weighted by molar-refractivity contribution is 5.53. The van der Waals surface area contributed by atoms with Gasteiger partial charge in [-0.3, -0.25) is 0 Å². The van der Waals surface area contributed by atoms with E-state index in [-0.39, 0.29) is 0 Å². The normalized spacial score (nSPS) is 15.4. The first-order valence-electron chi connectivity index (χ1n) is 7.25. The van der Waals surface area contributed by atoms with E-state index in [1.165, 1.54) is 0 Å². The molecule has 0 N–H and O–H groups in total. The van der Waals surface area contributed by atoms with Crippen LogP contribution in [0.25, 0.3) is 0 Å². The number of piperidine rings is 1. The summed E-state index contributed by atoms with van der Waals surface area (Å²) in [5.41, 5.74) is 0.581. The first kappa shape index (κ1) is 14.2. The fourth-order valence-electron chi connectivity index (χ4n) is 2.79. The van der Waals surface area contributed by atoms with E-state index in [4.69, 9.17) is 0 Å². The molecule has 7 heteroatoms. The highest BCUT2D eigenvalue weighted by Gasteiger charge is 2.25. The van der Waals surface area contributed by atoms with Gasteiger partial charge < -0.3 is 9.80 Å². The highest BCUT2D eigenvalue weighted by atomic mass is 15.3. The molecule has 112 valence electrons. The van der Waals surface area contributed by atoms with Crippen LogP contribution < -0.4 is 9.80 Å². The summed E-state index contributed by atoms with van der Waals surface area (Å²) in [7, 11) is 2.06. The summed E-state index contributed by atoms with van der Waals surface area (Å²) in [6, 6.07) is 6.23. The Morgan fingerprint density at radius 2 is 2.09 bits per heavy atom. The van der Waals surface area contributed by atoms with E-state index < -0.39 is 0 Å². The second-order valence-corrected chi connectivity index (χ2v) is 5.28. The molecule has 22 heavy (non-hydrogen) atoms. The van der Waals surface area contributed by atoms with Gasteiger partial charge in [0.15, 0.2) is 5.82 Å². The van der Waals surface area contributed by atoms with Crippen LogP contribution in [0.15, 0.2) is 30.9 Å². The molecule has 0 aliphatic carbocycles. The molecule has 0 atom stereocenters. The third-order valence-corrected chi connectivity index (χ3v) is 4.06. The van der Waals surface area contributed by atoms with Gasteiger partial charge in [-0.1, -0.05) is 0 Å². The second kappa shape index (κ2) is 6.35. The Morgan fingerprint density at radius 3 is 2.77 bits per heavy atom. The van der Waals surface area contributed by atoms with E-state index in [9.17, 15) is 5.26 Å². The maximum atomic E-state index is 9.17. The summed E-state index contributed by atoms with van der Waals surface area (Å²) >= 11 is 0. The van der Waals surface area contributed by atoms with Gasteiger partial charge in [0.05, 0.1) is 11.8 Å². The van der Waals surface area contributed by atoms with Crippen LogP contribution in [-0.2, 0) is 0 Å². The third kappa shape index (κ3) is 2.81. The van der Waals surface area contributed by atoms with Crippen molar-refractivity contribution in [2.75, 3.05) is 29.9 Å². The fourth-order valence-corrected chi connectivity index (χ4v) is 2.79. The molecule has 0 aromatic carbocycles. The average molecular weight is 295 g/mol. The molecular formula is C15H17N7. The Hall–Kier alpha value is -2.75. The molecular weight excluding hydrogens is 278 g/mol. The summed E-state index contributed by atoms with van der Waals surface area (Å²) in [6.45, 7) is 1.71. The van der Waals surface area contributed by atoms with Gasteiger partial charge in [0.1, 0.15) is 18.2 Å². The lowest BCUT2D eigenvalue weighted by molar-refractivity contribution is 0.477. The molecule has 0 saturated carbocycles. The predicted molar refractivity (Wildman–Crippen MR) is 82.4 cm³/mol. The van der Waals surface area contributed by atoms with Gasteiger partial charge in [-0.15, -0.1) is 5.10 Å². The van der Waals surface area contributed by atoms with Crippen LogP contribution in [0.3, 0.4) is 0 Å². The number of aromatic nitrogens is 4. The molecule has 0 spiro atoms. The van der Waals surface area contributed by atoms with Crippen LogP contribution >= 0.6 is 0 Å².